The van der Waals surface area contributed by atoms with Crippen LogP contribution < -0.4 is 11.1 Å². The minimum absolute atomic E-state index is 0.163. The number of aromatic amines is 1. The molecule has 0 aliphatic heterocycles. The highest BCUT2D eigenvalue weighted by molar-refractivity contribution is 4.73. The van der Waals surface area contributed by atoms with Crippen LogP contribution in [0.1, 0.15) is 6.92 Å². The van der Waals surface area contributed by atoms with Gasteiger partial charge in [-0.15, -0.1) is 0 Å². The van der Waals surface area contributed by atoms with Gasteiger partial charge in [0, 0.05) is 6.61 Å². The second kappa shape index (κ2) is 4.68. The summed E-state index contributed by atoms with van der Waals surface area (Å²) in [7, 11) is 0. The van der Waals surface area contributed by atoms with Gasteiger partial charge in [-0.1, -0.05) is 0 Å². The number of rotatable bonds is 4. The zero-order chi connectivity index (χ0) is 10.6. The van der Waals surface area contributed by atoms with Crippen molar-refractivity contribution < 1.29 is 9.84 Å². The number of aliphatic hydroxyl groups excluding tert-OH is 1. The van der Waals surface area contributed by atoms with Crippen molar-refractivity contribution in [1.82, 2.24) is 14.8 Å². The molecule has 0 saturated carbocycles. The fourth-order valence-electron chi connectivity index (χ4n) is 0.877. The second-order valence-electron chi connectivity index (χ2n) is 2.48. The SMILES string of the molecule is CCOC(O)Cn1[c]n[nH]c(=O)c1=O. The Hall–Kier alpha value is -1.47. The van der Waals surface area contributed by atoms with Crippen molar-refractivity contribution in [2.45, 2.75) is 19.8 Å². The monoisotopic (exact) mass is 200 g/mol. The van der Waals surface area contributed by atoms with E-state index in [9.17, 15) is 14.7 Å². The van der Waals surface area contributed by atoms with E-state index >= 15 is 0 Å². The predicted molar refractivity (Wildman–Crippen MR) is 45.6 cm³/mol. The number of nitrogens with one attached hydrogen (secondary N) is 1. The van der Waals surface area contributed by atoms with Gasteiger partial charge in [0.1, 0.15) is 0 Å². The number of hydrogen-bond acceptors (Lipinski definition) is 5. The third-order valence-corrected chi connectivity index (χ3v) is 1.47. The number of hydrogen-bond donors (Lipinski definition) is 2. The summed E-state index contributed by atoms with van der Waals surface area (Å²) in [4.78, 5) is 21.9. The first kappa shape index (κ1) is 10.6. The van der Waals surface area contributed by atoms with Crippen LogP contribution in [-0.4, -0.2) is 32.8 Å². The summed E-state index contributed by atoms with van der Waals surface area (Å²) in [6, 6.07) is 0. The molecule has 14 heavy (non-hydrogen) atoms. The molecule has 1 heterocycles. The first-order chi connectivity index (χ1) is 6.65. The summed E-state index contributed by atoms with van der Waals surface area (Å²) >= 11 is 0. The zero-order valence-electron chi connectivity index (χ0n) is 7.56. The summed E-state index contributed by atoms with van der Waals surface area (Å²) in [6.07, 6.45) is 1.08. The van der Waals surface area contributed by atoms with Crippen molar-refractivity contribution in [3.63, 3.8) is 0 Å². The Labute approximate surface area is 79.0 Å². The highest BCUT2D eigenvalue weighted by atomic mass is 16.6. The van der Waals surface area contributed by atoms with E-state index in [1.165, 1.54) is 0 Å². The summed E-state index contributed by atoms with van der Waals surface area (Å²) < 4.78 is 5.64. The second-order valence-corrected chi connectivity index (χ2v) is 2.48. The fraction of sp³-hybridized carbons (Fsp3) is 0.571. The fourth-order valence-corrected chi connectivity index (χ4v) is 0.877. The van der Waals surface area contributed by atoms with Crippen molar-refractivity contribution in [2.24, 2.45) is 0 Å². The molecule has 1 rings (SSSR count). The van der Waals surface area contributed by atoms with Gasteiger partial charge in [-0.3, -0.25) is 14.2 Å². The van der Waals surface area contributed by atoms with Crippen LogP contribution in [0.3, 0.4) is 0 Å². The molecule has 0 fully saturated rings. The van der Waals surface area contributed by atoms with E-state index in [0.29, 0.717) is 6.61 Å². The van der Waals surface area contributed by atoms with E-state index in [4.69, 9.17) is 4.74 Å². The summed E-state index contributed by atoms with van der Waals surface area (Å²) in [6.45, 7) is 1.85. The molecule has 0 aromatic carbocycles. The number of aromatic nitrogens is 3. The molecule has 0 aliphatic carbocycles. The molecule has 0 aliphatic rings. The normalized spacial score (nSPS) is 12.7. The Morgan fingerprint density at radius 1 is 1.71 bits per heavy atom. The number of nitrogens with zero attached hydrogens (tertiary/aromatic N) is 2. The standard InChI is InChI=1S/C7H10N3O4/c1-2-14-5(11)3-10-4-8-9-6(12)7(10)13/h5,11H,2-3H2,1H3,(H,9,12). The first-order valence-electron chi connectivity index (χ1n) is 4.02. The number of H-pyrrole nitrogens is 1. The molecule has 7 nitrogen and oxygen atoms in total. The van der Waals surface area contributed by atoms with Gasteiger partial charge in [-0.05, 0) is 6.92 Å². The van der Waals surface area contributed by atoms with Crippen LogP contribution in [-0.2, 0) is 11.3 Å². The van der Waals surface area contributed by atoms with Crippen LogP contribution >= 0.6 is 0 Å². The van der Waals surface area contributed by atoms with Gasteiger partial charge in [0.2, 0.25) is 6.33 Å². The van der Waals surface area contributed by atoms with Crippen LogP contribution in [0.15, 0.2) is 9.59 Å². The van der Waals surface area contributed by atoms with Crippen molar-refractivity contribution in [2.75, 3.05) is 6.61 Å². The summed E-state index contributed by atoms with van der Waals surface area (Å²) in [5, 5.41) is 14.4. The van der Waals surface area contributed by atoms with Gasteiger partial charge in [-0.25, -0.2) is 5.10 Å². The Morgan fingerprint density at radius 3 is 3.07 bits per heavy atom. The third kappa shape index (κ3) is 2.51. The Morgan fingerprint density at radius 2 is 2.43 bits per heavy atom. The zero-order valence-corrected chi connectivity index (χ0v) is 7.56. The van der Waals surface area contributed by atoms with E-state index in [2.05, 4.69) is 11.4 Å². The molecule has 77 valence electrons. The van der Waals surface area contributed by atoms with E-state index < -0.39 is 17.4 Å². The lowest BCUT2D eigenvalue weighted by atomic mass is 10.6. The van der Waals surface area contributed by atoms with E-state index in [1.807, 2.05) is 5.10 Å². The summed E-state index contributed by atoms with van der Waals surface area (Å²) in [5.41, 5.74) is -1.67. The lowest BCUT2D eigenvalue weighted by Crippen LogP contribution is -2.39. The average Bonchev–Trinajstić information content (AvgIpc) is 2.13. The maximum absolute atomic E-state index is 11.1. The topological polar surface area (TPSA) is 97.2 Å². The van der Waals surface area contributed by atoms with Crippen LogP contribution in [0.5, 0.6) is 0 Å². The molecular weight excluding hydrogens is 190 g/mol. The van der Waals surface area contributed by atoms with E-state index in [1.54, 1.807) is 6.92 Å². The Bertz CT molecular complexity index is 396. The predicted octanol–water partition coefficient (Wildman–Crippen LogP) is -1.91. The highest BCUT2D eigenvalue weighted by Gasteiger charge is 2.07. The molecule has 7 heteroatoms. The minimum atomic E-state index is -1.14. The van der Waals surface area contributed by atoms with Crippen LogP contribution in [0.2, 0.25) is 0 Å². The lowest BCUT2D eigenvalue weighted by Gasteiger charge is -2.10. The molecule has 0 bridgehead atoms. The number of aliphatic hydroxyl groups is 1. The van der Waals surface area contributed by atoms with Crippen LogP contribution in [0.4, 0.5) is 0 Å². The summed E-state index contributed by atoms with van der Waals surface area (Å²) in [5.74, 6) is 0. The largest absolute Gasteiger partial charge is 0.366 e. The Kier molecular flexibility index (Phi) is 3.55. The number of ether oxygens (including phenoxy) is 1. The molecule has 1 unspecified atom stereocenters. The van der Waals surface area contributed by atoms with Crippen molar-refractivity contribution >= 4 is 0 Å². The molecule has 1 aromatic heterocycles. The van der Waals surface area contributed by atoms with Crippen LogP contribution in [0.25, 0.3) is 0 Å². The maximum atomic E-state index is 11.1. The lowest BCUT2D eigenvalue weighted by molar-refractivity contribution is -0.104. The van der Waals surface area contributed by atoms with E-state index in [0.717, 1.165) is 4.57 Å². The molecule has 0 amide bonds. The first-order valence-corrected chi connectivity index (χ1v) is 4.02. The van der Waals surface area contributed by atoms with Gasteiger partial charge in [0.15, 0.2) is 6.29 Å². The molecule has 1 aromatic rings. The maximum Gasteiger partial charge on any atom is 0.330 e. The van der Waals surface area contributed by atoms with Crippen molar-refractivity contribution in [1.29, 1.82) is 0 Å². The van der Waals surface area contributed by atoms with Crippen LogP contribution in [0, 0.1) is 6.33 Å². The van der Waals surface area contributed by atoms with Gasteiger partial charge in [0.25, 0.3) is 0 Å². The van der Waals surface area contributed by atoms with Gasteiger partial charge < -0.3 is 9.84 Å². The Balaban J connectivity index is 2.82. The molecule has 0 spiro atoms. The van der Waals surface area contributed by atoms with Gasteiger partial charge in [0.05, 0.1) is 6.54 Å². The quantitative estimate of drug-likeness (QED) is 0.436. The van der Waals surface area contributed by atoms with Crippen molar-refractivity contribution in [3.8, 4) is 0 Å². The van der Waals surface area contributed by atoms with E-state index in [-0.39, 0.29) is 6.54 Å². The molecule has 1 radical (unpaired) electrons. The van der Waals surface area contributed by atoms with Gasteiger partial charge in [-0.2, -0.15) is 5.10 Å². The minimum Gasteiger partial charge on any atom is -0.366 e. The molecule has 2 N–H and O–H groups in total. The smallest absolute Gasteiger partial charge is 0.330 e. The molecule has 1 atom stereocenters. The molecular formula is C7H10N3O4. The van der Waals surface area contributed by atoms with Crippen molar-refractivity contribution in [3.05, 3.63) is 27.0 Å². The van der Waals surface area contributed by atoms with Gasteiger partial charge >= 0.3 is 11.1 Å². The molecule has 0 saturated heterocycles. The highest BCUT2D eigenvalue weighted by Crippen LogP contribution is 1.88. The average molecular weight is 200 g/mol. The third-order valence-electron chi connectivity index (χ3n) is 1.47.